The summed E-state index contributed by atoms with van der Waals surface area (Å²) in [4.78, 5) is 11.1. The van der Waals surface area contributed by atoms with E-state index in [0.29, 0.717) is 16.5 Å². The summed E-state index contributed by atoms with van der Waals surface area (Å²) in [5.41, 5.74) is 0. The van der Waals surface area contributed by atoms with E-state index in [-0.39, 0.29) is 4.90 Å². The molecule has 0 bridgehead atoms. The summed E-state index contributed by atoms with van der Waals surface area (Å²) in [5.74, 6) is -0.646. The SMILES string of the molecule is COc1ccc(S(=O)(=O)N(C)C(C)C(=O)O)c2ccccc12. The molecule has 1 N–H and O–H groups in total. The van der Waals surface area contributed by atoms with E-state index < -0.39 is 22.0 Å². The van der Waals surface area contributed by atoms with Crippen LogP contribution in [-0.4, -0.2) is 44.0 Å². The van der Waals surface area contributed by atoms with E-state index in [1.807, 2.05) is 0 Å². The second kappa shape index (κ2) is 5.94. The highest BCUT2D eigenvalue weighted by atomic mass is 32.2. The molecule has 0 radical (unpaired) electrons. The van der Waals surface area contributed by atoms with E-state index in [9.17, 15) is 13.2 Å². The highest BCUT2D eigenvalue weighted by Crippen LogP contribution is 2.32. The van der Waals surface area contributed by atoms with E-state index in [0.717, 1.165) is 4.31 Å². The average Bonchev–Trinajstić information content (AvgIpc) is 2.51. The number of nitrogens with zero attached hydrogens (tertiary/aromatic N) is 1. The van der Waals surface area contributed by atoms with Gasteiger partial charge in [-0.25, -0.2) is 8.42 Å². The Morgan fingerprint density at radius 3 is 2.32 bits per heavy atom. The lowest BCUT2D eigenvalue weighted by atomic mass is 10.1. The maximum atomic E-state index is 12.7. The number of sulfonamides is 1. The number of aliphatic carboxylic acids is 1. The standard InChI is InChI=1S/C15H17NO5S/c1-10(15(17)18)16(2)22(19,20)14-9-8-13(21-3)11-6-4-5-7-12(11)14/h4-10H,1-3H3,(H,17,18). The fraction of sp³-hybridized carbons (Fsp3) is 0.267. The number of carbonyl (C=O) groups is 1. The lowest BCUT2D eigenvalue weighted by Gasteiger charge is -2.22. The number of ether oxygens (including phenoxy) is 1. The Hall–Kier alpha value is -2.12. The smallest absolute Gasteiger partial charge is 0.321 e. The largest absolute Gasteiger partial charge is 0.496 e. The Morgan fingerprint density at radius 1 is 1.18 bits per heavy atom. The van der Waals surface area contributed by atoms with Gasteiger partial charge in [0.1, 0.15) is 11.8 Å². The number of rotatable bonds is 5. The minimum Gasteiger partial charge on any atom is -0.496 e. The molecule has 6 nitrogen and oxygen atoms in total. The third-order valence-electron chi connectivity index (χ3n) is 3.62. The molecule has 0 aromatic heterocycles. The Kier molecular flexibility index (Phi) is 4.39. The van der Waals surface area contributed by atoms with Crippen molar-refractivity contribution >= 4 is 26.8 Å². The van der Waals surface area contributed by atoms with Crippen molar-refractivity contribution in [3.8, 4) is 5.75 Å². The molecule has 0 amide bonds. The molecule has 2 rings (SSSR count). The fourth-order valence-corrected chi connectivity index (χ4v) is 3.68. The molecule has 7 heteroatoms. The van der Waals surface area contributed by atoms with Crippen molar-refractivity contribution in [2.45, 2.75) is 17.9 Å². The van der Waals surface area contributed by atoms with Gasteiger partial charge in [0.2, 0.25) is 10.0 Å². The topological polar surface area (TPSA) is 83.9 Å². The van der Waals surface area contributed by atoms with Gasteiger partial charge in [0.05, 0.1) is 12.0 Å². The average molecular weight is 323 g/mol. The number of carboxylic acid groups (broad SMARTS) is 1. The monoisotopic (exact) mass is 323 g/mol. The van der Waals surface area contributed by atoms with Crippen LogP contribution < -0.4 is 4.74 Å². The Labute approximate surface area is 129 Å². The summed E-state index contributed by atoms with van der Waals surface area (Å²) < 4.78 is 31.5. The minimum absolute atomic E-state index is 0.0551. The summed E-state index contributed by atoms with van der Waals surface area (Å²) in [5, 5.41) is 10.2. The second-order valence-corrected chi connectivity index (χ2v) is 6.81. The van der Waals surface area contributed by atoms with Gasteiger partial charge >= 0.3 is 5.97 Å². The van der Waals surface area contributed by atoms with Gasteiger partial charge in [-0.05, 0) is 19.1 Å². The summed E-state index contributed by atoms with van der Waals surface area (Å²) in [6, 6.07) is 8.77. The van der Waals surface area contributed by atoms with Gasteiger partial charge in [-0.2, -0.15) is 4.31 Å². The molecule has 0 saturated heterocycles. The van der Waals surface area contributed by atoms with E-state index in [1.54, 1.807) is 30.3 Å². The molecule has 0 heterocycles. The summed E-state index contributed by atoms with van der Waals surface area (Å²) in [6.07, 6.45) is 0. The first-order chi connectivity index (χ1) is 10.3. The number of benzene rings is 2. The molecule has 0 aliphatic carbocycles. The molecule has 0 saturated carbocycles. The van der Waals surface area contributed by atoms with Crippen molar-refractivity contribution in [2.24, 2.45) is 0 Å². The fourth-order valence-electron chi connectivity index (χ4n) is 2.17. The number of hydrogen-bond acceptors (Lipinski definition) is 4. The van der Waals surface area contributed by atoms with Crippen molar-refractivity contribution < 1.29 is 23.1 Å². The molecule has 22 heavy (non-hydrogen) atoms. The van der Waals surface area contributed by atoms with Crippen LogP contribution in [0.2, 0.25) is 0 Å². The summed E-state index contributed by atoms with van der Waals surface area (Å²) >= 11 is 0. The summed E-state index contributed by atoms with van der Waals surface area (Å²) in [6.45, 7) is 1.32. The third-order valence-corrected chi connectivity index (χ3v) is 5.61. The van der Waals surface area contributed by atoms with Crippen molar-refractivity contribution in [3.05, 3.63) is 36.4 Å². The molecule has 1 unspecified atom stereocenters. The first-order valence-corrected chi connectivity index (χ1v) is 8.01. The summed E-state index contributed by atoms with van der Waals surface area (Å²) in [7, 11) is -1.17. The van der Waals surface area contributed by atoms with Crippen LogP contribution in [0, 0.1) is 0 Å². The number of methoxy groups -OCH3 is 1. The number of fused-ring (bicyclic) bond motifs is 1. The number of hydrogen-bond donors (Lipinski definition) is 1. The molecule has 2 aromatic rings. The zero-order chi connectivity index (χ0) is 16.5. The Bertz CT molecular complexity index is 816. The highest BCUT2D eigenvalue weighted by molar-refractivity contribution is 7.89. The molecule has 0 aliphatic heterocycles. The van der Waals surface area contributed by atoms with Crippen LogP contribution in [0.4, 0.5) is 0 Å². The van der Waals surface area contributed by atoms with E-state index in [2.05, 4.69) is 0 Å². The van der Waals surface area contributed by atoms with Gasteiger partial charge in [-0.15, -0.1) is 0 Å². The van der Waals surface area contributed by atoms with Gasteiger partial charge in [-0.3, -0.25) is 4.79 Å². The minimum atomic E-state index is -3.94. The zero-order valence-electron chi connectivity index (χ0n) is 12.5. The third kappa shape index (κ3) is 2.65. The molecule has 0 aliphatic rings. The van der Waals surface area contributed by atoms with E-state index in [1.165, 1.54) is 27.1 Å². The molecular weight excluding hydrogens is 306 g/mol. The van der Waals surface area contributed by atoms with Gasteiger partial charge in [0, 0.05) is 17.8 Å². The van der Waals surface area contributed by atoms with Gasteiger partial charge < -0.3 is 9.84 Å². The lowest BCUT2D eigenvalue weighted by Crippen LogP contribution is -2.40. The quantitative estimate of drug-likeness (QED) is 0.909. The van der Waals surface area contributed by atoms with E-state index in [4.69, 9.17) is 9.84 Å². The normalized spacial score (nSPS) is 13.3. The van der Waals surface area contributed by atoms with Gasteiger partial charge in [0.15, 0.2) is 0 Å². The number of carboxylic acids is 1. The highest BCUT2D eigenvalue weighted by Gasteiger charge is 2.30. The van der Waals surface area contributed by atoms with Crippen molar-refractivity contribution in [3.63, 3.8) is 0 Å². The maximum absolute atomic E-state index is 12.7. The van der Waals surface area contributed by atoms with Gasteiger partial charge in [0.25, 0.3) is 0 Å². The molecule has 0 spiro atoms. The molecular formula is C15H17NO5S. The molecule has 1 atom stereocenters. The van der Waals surface area contributed by atoms with Crippen molar-refractivity contribution in [1.82, 2.24) is 4.31 Å². The van der Waals surface area contributed by atoms with Crippen LogP contribution in [0.25, 0.3) is 10.8 Å². The van der Waals surface area contributed by atoms with Crippen LogP contribution in [0.5, 0.6) is 5.75 Å². The van der Waals surface area contributed by atoms with Crippen LogP contribution >= 0.6 is 0 Å². The Balaban J connectivity index is 2.67. The lowest BCUT2D eigenvalue weighted by molar-refractivity contribution is -0.140. The van der Waals surface area contributed by atoms with Gasteiger partial charge in [-0.1, -0.05) is 24.3 Å². The van der Waals surface area contributed by atoms with Crippen LogP contribution in [0.15, 0.2) is 41.3 Å². The maximum Gasteiger partial charge on any atom is 0.321 e. The molecule has 2 aromatic carbocycles. The molecule has 0 fully saturated rings. The van der Waals surface area contributed by atoms with Crippen LogP contribution in [0.1, 0.15) is 6.92 Å². The van der Waals surface area contributed by atoms with Crippen LogP contribution in [-0.2, 0) is 14.8 Å². The van der Waals surface area contributed by atoms with Crippen molar-refractivity contribution in [2.75, 3.05) is 14.2 Å². The first-order valence-electron chi connectivity index (χ1n) is 6.57. The predicted molar refractivity (Wildman–Crippen MR) is 82.5 cm³/mol. The van der Waals surface area contributed by atoms with Crippen LogP contribution in [0.3, 0.4) is 0 Å². The van der Waals surface area contributed by atoms with E-state index >= 15 is 0 Å². The Morgan fingerprint density at radius 2 is 1.77 bits per heavy atom. The zero-order valence-corrected chi connectivity index (χ0v) is 13.3. The predicted octanol–water partition coefficient (Wildman–Crippen LogP) is 1.94. The van der Waals surface area contributed by atoms with Crippen molar-refractivity contribution in [1.29, 1.82) is 0 Å². The second-order valence-electron chi connectivity index (χ2n) is 4.85. The molecule has 118 valence electrons. The first kappa shape index (κ1) is 16.3. The number of likely N-dealkylation sites (N-methyl/N-ethyl adjacent to an activating group) is 1.